The summed E-state index contributed by atoms with van der Waals surface area (Å²) in [5.41, 5.74) is 1.56. The number of rotatable bonds is 8. The zero-order valence-electron chi connectivity index (χ0n) is 19.6. The third kappa shape index (κ3) is 6.77. The van der Waals surface area contributed by atoms with E-state index in [1.807, 2.05) is 23.1 Å². The van der Waals surface area contributed by atoms with Gasteiger partial charge >= 0.3 is 5.97 Å². The van der Waals surface area contributed by atoms with Crippen LogP contribution in [0.2, 0.25) is 0 Å². The number of hydrogen-bond donors (Lipinski definition) is 1. The van der Waals surface area contributed by atoms with Gasteiger partial charge in [-0.3, -0.25) is 19.8 Å². The number of nitrogens with one attached hydrogen (secondary N) is 1. The molecule has 2 fully saturated rings. The van der Waals surface area contributed by atoms with Gasteiger partial charge in [0, 0.05) is 44.8 Å². The molecule has 4 rings (SSSR count). The van der Waals surface area contributed by atoms with E-state index in [4.69, 9.17) is 9.47 Å². The molecule has 1 amide bonds. The van der Waals surface area contributed by atoms with E-state index in [-0.39, 0.29) is 23.2 Å². The number of benzene rings is 2. The van der Waals surface area contributed by atoms with Crippen LogP contribution in [0.15, 0.2) is 48.5 Å². The zero-order valence-corrected chi connectivity index (χ0v) is 19.6. The minimum Gasteiger partial charge on any atom is -0.452 e. The third-order valence-electron chi connectivity index (χ3n) is 6.30. The molecule has 0 radical (unpaired) electrons. The van der Waals surface area contributed by atoms with E-state index < -0.39 is 17.5 Å². The Kier molecular flexibility index (Phi) is 8.27. The van der Waals surface area contributed by atoms with Crippen molar-refractivity contribution in [1.82, 2.24) is 10.2 Å². The highest BCUT2D eigenvalue weighted by atomic mass is 16.6. The fourth-order valence-corrected chi connectivity index (χ4v) is 4.43. The van der Waals surface area contributed by atoms with E-state index in [0.29, 0.717) is 32.0 Å². The number of ether oxygens (including phenoxy) is 2. The number of carbonyl (C=O) groups is 2. The Morgan fingerprint density at radius 3 is 2.46 bits per heavy atom. The number of anilines is 1. The molecule has 2 aromatic rings. The van der Waals surface area contributed by atoms with Crippen LogP contribution in [-0.2, 0) is 20.8 Å². The highest BCUT2D eigenvalue weighted by Crippen LogP contribution is 2.30. The fourth-order valence-electron chi connectivity index (χ4n) is 4.43. The lowest BCUT2D eigenvalue weighted by Crippen LogP contribution is -2.45. The molecule has 10 nitrogen and oxygen atoms in total. The number of piperidine rings is 1. The fraction of sp³-hybridized carbons (Fsp3) is 0.440. The summed E-state index contributed by atoms with van der Waals surface area (Å²) in [7, 11) is 0. The minimum atomic E-state index is -0.769. The average molecular weight is 483 g/mol. The number of hydrogen-bond acceptors (Lipinski definition) is 8. The van der Waals surface area contributed by atoms with Crippen molar-refractivity contribution in [3.8, 4) is 0 Å². The van der Waals surface area contributed by atoms with Crippen molar-refractivity contribution in [2.45, 2.75) is 25.4 Å². The molecule has 0 atom stereocenters. The summed E-state index contributed by atoms with van der Waals surface area (Å²) in [4.78, 5) is 40.1. The van der Waals surface area contributed by atoms with E-state index >= 15 is 0 Å². The normalized spacial score (nSPS) is 17.1. The molecular formula is C25H30N4O6. The second-order valence-electron chi connectivity index (χ2n) is 8.74. The van der Waals surface area contributed by atoms with Crippen molar-refractivity contribution in [3.63, 3.8) is 0 Å². The van der Waals surface area contributed by atoms with Gasteiger partial charge < -0.3 is 19.7 Å². The van der Waals surface area contributed by atoms with Crippen LogP contribution < -0.4 is 10.2 Å². The Balaban J connectivity index is 1.24. The van der Waals surface area contributed by atoms with Gasteiger partial charge in [-0.1, -0.05) is 30.3 Å². The van der Waals surface area contributed by atoms with Gasteiger partial charge in [0.05, 0.1) is 23.7 Å². The van der Waals surface area contributed by atoms with Crippen LogP contribution in [0.5, 0.6) is 0 Å². The first-order chi connectivity index (χ1) is 17.0. The quantitative estimate of drug-likeness (QED) is 0.347. The maximum absolute atomic E-state index is 12.5. The van der Waals surface area contributed by atoms with E-state index in [1.165, 1.54) is 17.7 Å². The molecule has 0 spiro atoms. The summed E-state index contributed by atoms with van der Waals surface area (Å²) in [6.45, 7) is 4.26. The summed E-state index contributed by atoms with van der Waals surface area (Å²) >= 11 is 0. The Morgan fingerprint density at radius 2 is 1.77 bits per heavy atom. The van der Waals surface area contributed by atoms with Gasteiger partial charge in [-0.15, -0.1) is 0 Å². The van der Waals surface area contributed by atoms with Crippen molar-refractivity contribution in [3.05, 3.63) is 69.8 Å². The number of likely N-dealkylation sites (tertiary alicyclic amines) is 1. The van der Waals surface area contributed by atoms with Crippen LogP contribution in [-0.4, -0.2) is 73.7 Å². The highest BCUT2D eigenvalue weighted by molar-refractivity contribution is 5.93. The number of esters is 1. The van der Waals surface area contributed by atoms with Gasteiger partial charge in [-0.2, -0.15) is 0 Å². The zero-order chi connectivity index (χ0) is 24.6. The minimum absolute atomic E-state index is 0.0297. The average Bonchev–Trinajstić information content (AvgIpc) is 2.89. The number of amides is 1. The largest absolute Gasteiger partial charge is 0.452 e. The van der Waals surface area contributed by atoms with Crippen molar-refractivity contribution in [1.29, 1.82) is 0 Å². The molecule has 10 heteroatoms. The van der Waals surface area contributed by atoms with Crippen LogP contribution in [0.25, 0.3) is 0 Å². The second-order valence-corrected chi connectivity index (χ2v) is 8.74. The van der Waals surface area contributed by atoms with Crippen molar-refractivity contribution < 1.29 is 24.0 Å². The molecule has 1 N–H and O–H groups in total. The van der Waals surface area contributed by atoms with E-state index in [1.54, 1.807) is 6.07 Å². The van der Waals surface area contributed by atoms with Gasteiger partial charge in [-0.05, 0) is 30.5 Å². The monoisotopic (exact) mass is 482 g/mol. The maximum atomic E-state index is 12.5. The first-order valence-corrected chi connectivity index (χ1v) is 11.8. The second kappa shape index (κ2) is 11.8. The molecule has 0 aliphatic carbocycles. The molecule has 35 heavy (non-hydrogen) atoms. The Hall–Kier alpha value is -3.50. The maximum Gasteiger partial charge on any atom is 0.338 e. The van der Waals surface area contributed by atoms with Crippen molar-refractivity contribution >= 4 is 23.3 Å². The molecule has 2 heterocycles. The number of carbonyl (C=O) groups excluding carboxylic acids is 2. The SMILES string of the molecule is O=C(COC(=O)c1ccc(N2CCOCC2)c([N+](=O)[O-])c1)NC1CCN(Cc2ccccc2)CC1. The smallest absolute Gasteiger partial charge is 0.338 e. The van der Waals surface area contributed by atoms with Gasteiger partial charge in [0.25, 0.3) is 11.6 Å². The van der Waals surface area contributed by atoms with E-state index in [2.05, 4.69) is 22.3 Å². The first kappa shape index (κ1) is 24.6. The van der Waals surface area contributed by atoms with Crippen LogP contribution in [0.4, 0.5) is 11.4 Å². The van der Waals surface area contributed by atoms with E-state index in [0.717, 1.165) is 32.5 Å². The molecule has 2 saturated heterocycles. The van der Waals surface area contributed by atoms with Crippen molar-refractivity contribution in [2.75, 3.05) is 50.9 Å². The highest BCUT2D eigenvalue weighted by Gasteiger charge is 2.25. The molecule has 2 aliphatic heterocycles. The molecule has 0 saturated carbocycles. The Labute approximate surface area is 203 Å². The molecule has 0 bridgehead atoms. The van der Waals surface area contributed by atoms with Gasteiger partial charge in [0.1, 0.15) is 5.69 Å². The predicted octanol–water partition coefficient (Wildman–Crippen LogP) is 2.37. The number of morpholine rings is 1. The topological polar surface area (TPSA) is 114 Å². The van der Waals surface area contributed by atoms with Crippen LogP contribution in [0.1, 0.15) is 28.8 Å². The number of nitro benzene ring substituents is 1. The Bertz CT molecular complexity index is 1030. The Morgan fingerprint density at radius 1 is 1.06 bits per heavy atom. The molecule has 0 unspecified atom stereocenters. The van der Waals surface area contributed by atoms with Gasteiger partial charge in [0.15, 0.2) is 6.61 Å². The number of nitrogens with zero attached hydrogens (tertiary/aromatic N) is 3. The lowest BCUT2D eigenvalue weighted by molar-refractivity contribution is -0.384. The summed E-state index contributed by atoms with van der Waals surface area (Å²) < 4.78 is 10.4. The third-order valence-corrected chi connectivity index (χ3v) is 6.30. The lowest BCUT2D eigenvalue weighted by atomic mass is 10.0. The molecule has 2 aromatic carbocycles. The summed E-state index contributed by atoms with van der Waals surface area (Å²) in [6.07, 6.45) is 1.64. The molecule has 0 aromatic heterocycles. The lowest BCUT2D eigenvalue weighted by Gasteiger charge is -2.32. The standard InChI is InChI=1S/C25H30N4O6/c30-24(26-21-8-10-27(11-9-21)17-19-4-2-1-3-5-19)18-35-25(31)20-6-7-22(23(16-20)29(32)33)28-12-14-34-15-13-28/h1-7,16,21H,8-15,17-18H2,(H,26,30). The van der Waals surface area contributed by atoms with Gasteiger partial charge in [0.2, 0.25) is 0 Å². The summed E-state index contributed by atoms with van der Waals surface area (Å²) in [5.74, 6) is -1.14. The van der Waals surface area contributed by atoms with Crippen LogP contribution in [0, 0.1) is 10.1 Å². The number of nitro groups is 1. The first-order valence-electron chi connectivity index (χ1n) is 11.8. The van der Waals surface area contributed by atoms with Crippen LogP contribution in [0.3, 0.4) is 0 Å². The van der Waals surface area contributed by atoms with E-state index in [9.17, 15) is 19.7 Å². The molecular weight excluding hydrogens is 452 g/mol. The molecule has 2 aliphatic rings. The summed E-state index contributed by atoms with van der Waals surface area (Å²) in [5, 5.41) is 14.5. The predicted molar refractivity (Wildman–Crippen MR) is 129 cm³/mol. The molecule has 186 valence electrons. The van der Waals surface area contributed by atoms with Crippen molar-refractivity contribution in [2.24, 2.45) is 0 Å². The van der Waals surface area contributed by atoms with Crippen LogP contribution >= 0.6 is 0 Å². The summed E-state index contributed by atoms with van der Waals surface area (Å²) in [6, 6.07) is 14.5. The van der Waals surface area contributed by atoms with Gasteiger partial charge in [-0.25, -0.2) is 4.79 Å².